The number of fused-ring (bicyclic) bond motifs is 1. The molecule has 0 radical (unpaired) electrons. The quantitative estimate of drug-likeness (QED) is 0.278. The highest BCUT2D eigenvalue weighted by Gasteiger charge is 2.17. The minimum Gasteiger partial charge on any atom is -0.497 e. The average Bonchev–Trinajstić information content (AvgIpc) is 2.99. The molecule has 1 aromatic carbocycles. The molecule has 3 aromatic rings. The van der Waals surface area contributed by atoms with E-state index >= 15 is 0 Å². The molecule has 0 spiro atoms. The number of benzene rings is 1. The molecule has 0 N–H and O–H groups in total. The zero-order valence-corrected chi connectivity index (χ0v) is 16.7. The summed E-state index contributed by atoms with van der Waals surface area (Å²) in [6.07, 6.45) is 0. The van der Waals surface area contributed by atoms with Crippen molar-refractivity contribution >= 4 is 51.6 Å². The van der Waals surface area contributed by atoms with E-state index in [0.717, 1.165) is 17.4 Å². The van der Waals surface area contributed by atoms with Crippen LogP contribution in [0.25, 0.3) is 16.0 Å². The molecule has 2 aromatic heterocycles. The van der Waals surface area contributed by atoms with Crippen LogP contribution in [0, 0.1) is 3.95 Å². The SMILES string of the molecule is COC(=O)CSc1nc2c(sc(=S)n2-c2cccc(OC)c2)c(=O)n1C. The van der Waals surface area contributed by atoms with Crippen molar-refractivity contribution in [3.05, 3.63) is 38.6 Å². The first-order chi connectivity index (χ1) is 12.5. The number of hydrogen-bond donors (Lipinski definition) is 0. The highest BCUT2D eigenvalue weighted by atomic mass is 32.2. The lowest BCUT2D eigenvalue weighted by Crippen LogP contribution is -2.20. The van der Waals surface area contributed by atoms with Crippen molar-refractivity contribution < 1.29 is 14.3 Å². The van der Waals surface area contributed by atoms with Gasteiger partial charge in [-0.1, -0.05) is 29.2 Å². The van der Waals surface area contributed by atoms with E-state index in [1.165, 1.54) is 23.0 Å². The summed E-state index contributed by atoms with van der Waals surface area (Å²) in [4.78, 5) is 28.7. The average molecular weight is 410 g/mol. The van der Waals surface area contributed by atoms with E-state index in [0.29, 0.717) is 25.2 Å². The fourth-order valence-electron chi connectivity index (χ4n) is 2.30. The number of thioether (sulfide) groups is 1. The van der Waals surface area contributed by atoms with Gasteiger partial charge in [0.2, 0.25) is 0 Å². The number of thiazole rings is 1. The second-order valence-corrected chi connectivity index (χ2v) is 7.77. The standard InChI is InChI=1S/C16H15N3O4S3/c1-18-14(21)12-13(17-15(18)25-8-11(20)23-3)19(16(24)26-12)9-5-4-6-10(7-9)22-2/h4-7H,8H2,1-3H3. The van der Waals surface area contributed by atoms with Crippen LogP contribution in [0.1, 0.15) is 0 Å². The monoisotopic (exact) mass is 409 g/mol. The van der Waals surface area contributed by atoms with Gasteiger partial charge in [0.1, 0.15) is 10.4 Å². The maximum atomic E-state index is 12.7. The van der Waals surface area contributed by atoms with Crippen molar-refractivity contribution in [2.24, 2.45) is 7.05 Å². The highest BCUT2D eigenvalue weighted by molar-refractivity contribution is 7.99. The predicted octanol–water partition coefficient (Wildman–Crippen LogP) is 2.79. The molecule has 10 heteroatoms. The van der Waals surface area contributed by atoms with Gasteiger partial charge in [-0.05, 0) is 24.4 Å². The molecular weight excluding hydrogens is 394 g/mol. The molecule has 0 atom stereocenters. The van der Waals surface area contributed by atoms with Crippen LogP contribution < -0.4 is 10.3 Å². The van der Waals surface area contributed by atoms with Gasteiger partial charge in [0.05, 0.1) is 25.7 Å². The summed E-state index contributed by atoms with van der Waals surface area (Å²) in [5.41, 5.74) is 1.01. The number of carbonyl (C=O) groups excluding carboxylic acids is 1. The number of aromatic nitrogens is 3. The summed E-state index contributed by atoms with van der Waals surface area (Å²) in [6.45, 7) is 0. The number of methoxy groups -OCH3 is 2. The van der Waals surface area contributed by atoms with Crippen LogP contribution in [0.15, 0.2) is 34.2 Å². The number of nitrogens with zero attached hydrogens (tertiary/aromatic N) is 3. The smallest absolute Gasteiger partial charge is 0.316 e. The van der Waals surface area contributed by atoms with Crippen LogP contribution >= 0.6 is 35.3 Å². The molecule has 2 heterocycles. The number of hydrogen-bond acceptors (Lipinski definition) is 8. The summed E-state index contributed by atoms with van der Waals surface area (Å²) in [7, 11) is 4.52. The van der Waals surface area contributed by atoms with E-state index in [-0.39, 0.29) is 17.3 Å². The van der Waals surface area contributed by atoms with Crippen LogP contribution in [0.4, 0.5) is 0 Å². The Kier molecular flexibility index (Phi) is 5.44. The minimum absolute atomic E-state index is 0.0618. The number of esters is 1. The maximum Gasteiger partial charge on any atom is 0.316 e. The lowest BCUT2D eigenvalue weighted by Gasteiger charge is -2.09. The zero-order chi connectivity index (χ0) is 18.8. The molecule has 0 saturated heterocycles. The van der Waals surface area contributed by atoms with E-state index in [9.17, 15) is 9.59 Å². The Morgan fingerprint density at radius 1 is 1.38 bits per heavy atom. The fraction of sp³-hybridized carbons (Fsp3) is 0.250. The molecule has 0 fully saturated rings. The van der Waals surface area contributed by atoms with Crippen molar-refractivity contribution in [1.29, 1.82) is 0 Å². The largest absolute Gasteiger partial charge is 0.497 e. The molecule has 0 saturated carbocycles. The summed E-state index contributed by atoms with van der Waals surface area (Å²) in [5, 5.41) is 0.414. The van der Waals surface area contributed by atoms with Crippen LogP contribution in [0.2, 0.25) is 0 Å². The van der Waals surface area contributed by atoms with Crippen molar-refractivity contribution in [3.8, 4) is 11.4 Å². The van der Waals surface area contributed by atoms with Crippen molar-refractivity contribution in [1.82, 2.24) is 14.1 Å². The van der Waals surface area contributed by atoms with Crippen LogP contribution in [0.3, 0.4) is 0 Å². The molecule has 0 unspecified atom stereocenters. The molecule has 0 aliphatic rings. The normalized spacial score (nSPS) is 10.9. The van der Waals surface area contributed by atoms with Gasteiger partial charge < -0.3 is 9.47 Å². The lowest BCUT2D eigenvalue weighted by atomic mass is 10.3. The topological polar surface area (TPSA) is 75.3 Å². The van der Waals surface area contributed by atoms with Gasteiger partial charge in [0, 0.05) is 13.1 Å². The Morgan fingerprint density at radius 2 is 2.15 bits per heavy atom. The van der Waals surface area contributed by atoms with E-state index in [1.807, 2.05) is 24.3 Å². The molecule has 0 aliphatic heterocycles. The van der Waals surface area contributed by atoms with Gasteiger partial charge in [-0.3, -0.25) is 18.7 Å². The molecule has 0 amide bonds. The fourth-order valence-corrected chi connectivity index (χ4v) is 4.44. The first-order valence-corrected chi connectivity index (χ1v) is 9.64. The predicted molar refractivity (Wildman–Crippen MR) is 104 cm³/mol. The molecule has 3 rings (SSSR count). The summed E-state index contributed by atoms with van der Waals surface area (Å²) in [6, 6.07) is 7.35. The van der Waals surface area contributed by atoms with Gasteiger partial charge >= 0.3 is 5.97 Å². The zero-order valence-electron chi connectivity index (χ0n) is 14.2. The van der Waals surface area contributed by atoms with E-state index in [4.69, 9.17) is 17.0 Å². The third-order valence-electron chi connectivity index (χ3n) is 3.63. The van der Waals surface area contributed by atoms with Crippen LogP contribution in [0.5, 0.6) is 5.75 Å². The van der Waals surface area contributed by atoms with Gasteiger partial charge in [0.15, 0.2) is 14.8 Å². The minimum atomic E-state index is -0.390. The van der Waals surface area contributed by atoms with E-state index in [2.05, 4.69) is 9.72 Å². The van der Waals surface area contributed by atoms with Gasteiger partial charge in [-0.15, -0.1) is 0 Å². The molecule has 0 bridgehead atoms. The third kappa shape index (κ3) is 3.39. The summed E-state index contributed by atoms with van der Waals surface area (Å²) in [5.74, 6) is 0.346. The van der Waals surface area contributed by atoms with Gasteiger partial charge in [-0.25, -0.2) is 4.98 Å². The second kappa shape index (κ2) is 7.60. The molecule has 7 nitrogen and oxygen atoms in total. The number of rotatable bonds is 5. The summed E-state index contributed by atoms with van der Waals surface area (Å²) < 4.78 is 14.0. The lowest BCUT2D eigenvalue weighted by molar-refractivity contribution is -0.137. The third-order valence-corrected chi connectivity index (χ3v) is 5.99. The van der Waals surface area contributed by atoms with Crippen molar-refractivity contribution in [2.75, 3.05) is 20.0 Å². The molecule has 0 aliphatic carbocycles. The Bertz CT molecular complexity index is 1100. The Morgan fingerprint density at radius 3 is 2.85 bits per heavy atom. The number of ether oxygens (including phenoxy) is 2. The molecular formula is C16H15N3O4S3. The van der Waals surface area contributed by atoms with Crippen molar-refractivity contribution in [3.63, 3.8) is 0 Å². The summed E-state index contributed by atoms with van der Waals surface area (Å²) >= 11 is 7.80. The first-order valence-electron chi connectivity index (χ1n) is 7.43. The van der Waals surface area contributed by atoms with E-state index < -0.39 is 0 Å². The Labute approximate surface area is 162 Å². The van der Waals surface area contributed by atoms with Gasteiger partial charge in [0.25, 0.3) is 5.56 Å². The van der Waals surface area contributed by atoms with Crippen molar-refractivity contribution in [2.45, 2.75) is 5.16 Å². The second-order valence-electron chi connectivity index (χ2n) is 5.18. The van der Waals surface area contributed by atoms with E-state index in [1.54, 1.807) is 18.7 Å². The first kappa shape index (κ1) is 18.6. The highest BCUT2D eigenvalue weighted by Crippen LogP contribution is 2.27. The maximum absolute atomic E-state index is 12.7. The molecule has 136 valence electrons. The Balaban J connectivity index is 2.20. The Hall–Kier alpha value is -2.17. The van der Waals surface area contributed by atoms with Gasteiger partial charge in [-0.2, -0.15) is 0 Å². The van der Waals surface area contributed by atoms with Crippen LogP contribution in [-0.2, 0) is 16.6 Å². The number of carbonyl (C=O) groups is 1. The molecule has 26 heavy (non-hydrogen) atoms. The van der Waals surface area contributed by atoms with Crippen LogP contribution in [-0.4, -0.2) is 40.1 Å².